The summed E-state index contributed by atoms with van der Waals surface area (Å²) in [5.41, 5.74) is 1.50. The molecule has 1 fully saturated rings. The van der Waals surface area contributed by atoms with E-state index in [2.05, 4.69) is 0 Å². The summed E-state index contributed by atoms with van der Waals surface area (Å²) >= 11 is 6.41. The number of carboxylic acids is 2. The molecule has 1 aliphatic heterocycles. The van der Waals surface area contributed by atoms with Crippen molar-refractivity contribution in [2.45, 2.75) is 19.4 Å². The van der Waals surface area contributed by atoms with Crippen LogP contribution in [0.25, 0.3) is 17.0 Å². The lowest BCUT2D eigenvalue weighted by atomic mass is 10.1. The van der Waals surface area contributed by atoms with Gasteiger partial charge in [-0.05, 0) is 18.6 Å². The number of aliphatic carboxylic acids is 2. The quantitative estimate of drug-likeness (QED) is 0.541. The first-order chi connectivity index (χ1) is 12.9. The van der Waals surface area contributed by atoms with Crippen molar-refractivity contribution in [2.24, 2.45) is 0 Å². The van der Waals surface area contributed by atoms with Crippen LogP contribution in [-0.4, -0.2) is 48.4 Å². The lowest BCUT2D eigenvalue weighted by Gasteiger charge is -2.13. The normalized spacial score (nSPS) is 15.9. The van der Waals surface area contributed by atoms with Gasteiger partial charge in [-0.2, -0.15) is 0 Å². The number of carbonyl (C=O) groups excluding carboxylic acids is 1. The zero-order valence-electron chi connectivity index (χ0n) is 14.1. The number of amides is 1. The molecule has 0 radical (unpaired) electrons. The molecule has 1 aliphatic rings. The number of aromatic nitrogens is 1. The molecule has 2 aromatic rings. The van der Waals surface area contributed by atoms with Crippen molar-refractivity contribution >= 4 is 63.1 Å². The van der Waals surface area contributed by atoms with E-state index in [1.165, 1.54) is 4.90 Å². The molecule has 2 heterocycles. The second kappa shape index (κ2) is 7.93. The summed E-state index contributed by atoms with van der Waals surface area (Å²) in [6.07, 6.45) is 3.71. The van der Waals surface area contributed by atoms with Crippen molar-refractivity contribution in [3.63, 3.8) is 0 Å². The average Bonchev–Trinajstić information content (AvgIpc) is 3.07. The summed E-state index contributed by atoms with van der Waals surface area (Å²) in [4.78, 5) is 36.2. The molecular formula is C18H16N2O5S2. The molecule has 27 heavy (non-hydrogen) atoms. The Morgan fingerprint density at radius 2 is 1.93 bits per heavy atom. The molecule has 9 heteroatoms. The van der Waals surface area contributed by atoms with Crippen molar-refractivity contribution in [3.8, 4) is 0 Å². The van der Waals surface area contributed by atoms with Crippen molar-refractivity contribution in [2.75, 3.05) is 6.54 Å². The van der Waals surface area contributed by atoms with Gasteiger partial charge in [0.2, 0.25) is 0 Å². The van der Waals surface area contributed by atoms with Gasteiger partial charge in [0, 0.05) is 35.6 Å². The standard InChI is InChI=1S/C18H16N2O5S2/c21-15(22)6-3-7-20-17(25)14(27-18(20)26)8-11-9-19(10-16(23)24)13-5-2-1-4-12(11)13/h1-2,4-5,8-9H,3,6-7,10H2,(H,21,22)(H,23,24). The SMILES string of the molecule is O=C(O)CCCN1C(=O)C(=Cc2cn(CC(=O)O)c3ccccc23)SC1=S. The summed E-state index contributed by atoms with van der Waals surface area (Å²) in [6.45, 7) is 0.0829. The fourth-order valence-electron chi connectivity index (χ4n) is 2.89. The minimum atomic E-state index is -0.952. The molecular weight excluding hydrogens is 388 g/mol. The highest BCUT2D eigenvalue weighted by molar-refractivity contribution is 8.26. The smallest absolute Gasteiger partial charge is 0.323 e. The number of rotatable bonds is 7. The van der Waals surface area contributed by atoms with Crippen molar-refractivity contribution in [3.05, 3.63) is 40.9 Å². The van der Waals surface area contributed by atoms with Gasteiger partial charge in [-0.3, -0.25) is 19.3 Å². The molecule has 1 aromatic heterocycles. The number of para-hydroxylation sites is 1. The Morgan fingerprint density at radius 3 is 2.63 bits per heavy atom. The fraction of sp³-hybridized carbons (Fsp3) is 0.222. The van der Waals surface area contributed by atoms with E-state index >= 15 is 0 Å². The third-order valence-electron chi connectivity index (χ3n) is 4.06. The van der Waals surface area contributed by atoms with E-state index in [-0.39, 0.29) is 25.4 Å². The van der Waals surface area contributed by atoms with E-state index in [9.17, 15) is 14.4 Å². The van der Waals surface area contributed by atoms with Crippen LogP contribution in [0.2, 0.25) is 0 Å². The number of hydrogen-bond acceptors (Lipinski definition) is 5. The Balaban J connectivity index is 1.88. The van der Waals surface area contributed by atoms with E-state index in [0.29, 0.717) is 15.6 Å². The summed E-state index contributed by atoms with van der Waals surface area (Å²) in [5, 5.41) is 18.7. The van der Waals surface area contributed by atoms with Crippen molar-refractivity contribution < 1.29 is 24.6 Å². The molecule has 1 saturated heterocycles. The fourth-order valence-corrected chi connectivity index (χ4v) is 4.19. The van der Waals surface area contributed by atoms with E-state index in [0.717, 1.165) is 28.2 Å². The topological polar surface area (TPSA) is 99.8 Å². The first kappa shape index (κ1) is 19.1. The number of carbonyl (C=O) groups is 3. The monoisotopic (exact) mass is 404 g/mol. The summed E-state index contributed by atoms with van der Waals surface area (Å²) in [6, 6.07) is 7.37. The Morgan fingerprint density at radius 1 is 1.19 bits per heavy atom. The number of hydrogen-bond donors (Lipinski definition) is 2. The third kappa shape index (κ3) is 4.20. The number of nitrogens with zero attached hydrogens (tertiary/aromatic N) is 2. The predicted octanol–water partition coefficient (Wildman–Crippen LogP) is 2.79. The Kier molecular flexibility index (Phi) is 5.62. The van der Waals surface area contributed by atoms with Gasteiger partial charge in [-0.25, -0.2) is 0 Å². The summed E-state index contributed by atoms with van der Waals surface area (Å²) in [5.74, 6) is -2.13. The zero-order chi connectivity index (χ0) is 19.6. The van der Waals surface area contributed by atoms with Gasteiger partial charge in [0.1, 0.15) is 10.9 Å². The number of benzene rings is 1. The van der Waals surface area contributed by atoms with E-state index < -0.39 is 11.9 Å². The van der Waals surface area contributed by atoms with Crippen molar-refractivity contribution in [1.29, 1.82) is 0 Å². The molecule has 0 unspecified atom stereocenters. The zero-order valence-corrected chi connectivity index (χ0v) is 15.8. The van der Waals surface area contributed by atoms with E-state index in [1.807, 2.05) is 24.3 Å². The van der Waals surface area contributed by atoms with Gasteiger partial charge in [0.25, 0.3) is 5.91 Å². The highest BCUT2D eigenvalue weighted by atomic mass is 32.2. The van der Waals surface area contributed by atoms with Gasteiger partial charge >= 0.3 is 11.9 Å². The van der Waals surface area contributed by atoms with Crippen LogP contribution in [0.3, 0.4) is 0 Å². The molecule has 3 rings (SSSR count). The predicted molar refractivity (Wildman–Crippen MR) is 106 cm³/mol. The van der Waals surface area contributed by atoms with Gasteiger partial charge < -0.3 is 14.8 Å². The van der Waals surface area contributed by atoms with Crippen LogP contribution in [0.5, 0.6) is 0 Å². The Bertz CT molecular complexity index is 979. The third-order valence-corrected chi connectivity index (χ3v) is 5.44. The molecule has 140 valence electrons. The number of thioether (sulfide) groups is 1. The maximum absolute atomic E-state index is 12.6. The Hall–Kier alpha value is -2.65. The molecule has 2 N–H and O–H groups in total. The van der Waals surface area contributed by atoms with Gasteiger partial charge in [0.15, 0.2) is 0 Å². The van der Waals surface area contributed by atoms with Crippen LogP contribution < -0.4 is 0 Å². The minimum Gasteiger partial charge on any atom is -0.481 e. The summed E-state index contributed by atoms with van der Waals surface area (Å²) < 4.78 is 2.02. The summed E-state index contributed by atoms with van der Waals surface area (Å²) in [7, 11) is 0. The molecule has 7 nitrogen and oxygen atoms in total. The van der Waals surface area contributed by atoms with E-state index in [4.69, 9.17) is 22.4 Å². The maximum Gasteiger partial charge on any atom is 0.323 e. The lowest BCUT2D eigenvalue weighted by molar-refractivity contribution is -0.138. The number of fused-ring (bicyclic) bond motifs is 1. The molecule has 0 bridgehead atoms. The van der Waals surface area contributed by atoms with Crippen LogP contribution >= 0.6 is 24.0 Å². The van der Waals surface area contributed by atoms with Gasteiger partial charge in [-0.1, -0.05) is 42.2 Å². The molecule has 1 aromatic carbocycles. The first-order valence-electron chi connectivity index (χ1n) is 8.13. The maximum atomic E-state index is 12.6. The second-order valence-corrected chi connectivity index (χ2v) is 7.63. The van der Waals surface area contributed by atoms with Crippen LogP contribution in [-0.2, 0) is 20.9 Å². The lowest BCUT2D eigenvalue weighted by Crippen LogP contribution is -2.29. The molecule has 0 atom stereocenters. The average molecular weight is 404 g/mol. The van der Waals surface area contributed by atoms with Crippen LogP contribution in [0.1, 0.15) is 18.4 Å². The minimum absolute atomic E-state index is 0.0290. The number of thiocarbonyl (C=S) groups is 1. The highest BCUT2D eigenvalue weighted by Crippen LogP contribution is 2.34. The molecule has 0 spiro atoms. The van der Waals surface area contributed by atoms with Gasteiger partial charge in [0.05, 0.1) is 4.91 Å². The molecule has 1 amide bonds. The Labute approximate surface area is 164 Å². The van der Waals surface area contributed by atoms with Crippen molar-refractivity contribution in [1.82, 2.24) is 9.47 Å². The van der Waals surface area contributed by atoms with Crippen LogP contribution in [0.15, 0.2) is 35.4 Å². The molecule has 0 saturated carbocycles. The van der Waals surface area contributed by atoms with Crippen LogP contribution in [0, 0.1) is 0 Å². The second-order valence-electron chi connectivity index (χ2n) is 5.95. The number of carboxylic acid groups (broad SMARTS) is 2. The molecule has 0 aliphatic carbocycles. The largest absolute Gasteiger partial charge is 0.481 e. The van der Waals surface area contributed by atoms with Gasteiger partial charge in [-0.15, -0.1) is 0 Å². The van der Waals surface area contributed by atoms with Crippen LogP contribution in [0.4, 0.5) is 0 Å². The highest BCUT2D eigenvalue weighted by Gasteiger charge is 2.31. The first-order valence-corrected chi connectivity index (χ1v) is 9.36. The van der Waals surface area contributed by atoms with E-state index in [1.54, 1.807) is 16.8 Å².